The van der Waals surface area contributed by atoms with Crippen molar-refractivity contribution in [2.45, 2.75) is 13.3 Å². The molecule has 0 aliphatic heterocycles. The molecule has 2 heterocycles. The van der Waals surface area contributed by atoms with Gasteiger partial charge in [-0.3, -0.25) is 4.79 Å². The van der Waals surface area contributed by atoms with Crippen molar-refractivity contribution >= 4 is 28.2 Å². The highest BCUT2D eigenvalue weighted by molar-refractivity contribution is 6.01. The molecule has 1 amide bonds. The SMILES string of the molecule is [2H]C([2H])([2H])N(C)CCN(C)c1cc(OC)c(Cc2nccc(-c3cc(C#N)c4c(c3)c(C)cn4C)n2)cc1NC(=O)C=C. The molecular weight excluding hydrogens is 502 g/mol. The summed E-state index contributed by atoms with van der Waals surface area (Å²) < 4.78 is 30.5. The van der Waals surface area contributed by atoms with Crippen LogP contribution in [0.1, 0.15) is 26.6 Å². The Balaban J connectivity index is 1.70. The van der Waals surface area contributed by atoms with Crippen molar-refractivity contribution in [1.29, 1.82) is 5.26 Å². The molecule has 0 unspecified atom stereocenters. The minimum absolute atomic E-state index is 0.272. The van der Waals surface area contributed by atoms with Gasteiger partial charge in [0.05, 0.1) is 35.3 Å². The Bertz CT molecular complexity index is 1720. The Kier molecular flexibility index (Phi) is 7.32. The van der Waals surface area contributed by atoms with E-state index >= 15 is 0 Å². The summed E-state index contributed by atoms with van der Waals surface area (Å²) in [6, 6.07) is 11.6. The predicted molar refractivity (Wildman–Crippen MR) is 160 cm³/mol. The summed E-state index contributed by atoms with van der Waals surface area (Å²) in [6.45, 7) is 4.02. The number of nitrogens with zero attached hydrogens (tertiary/aromatic N) is 6. The first-order valence-corrected chi connectivity index (χ1v) is 12.7. The number of likely N-dealkylation sites (N-methyl/N-ethyl adjacent to an activating group) is 2. The molecule has 0 saturated carbocycles. The predicted octanol–water partition coefficient (Wildman–Crippen LogP) is 4.54. The molecule has 4 aromatic rings. The number of methoxy groups -OCH3 is 1. The third-order valence-corrected chi connectivity index (χ3v) is 6.77. The molecule has 2 aromatic carbocycles. The summed E-state index contributed by atoms with van der Waals surface area (Å²) in [7, 11) is 6.85. The number of carbonyl (C=O) groups excluding carboxylic acids is 1. The molecule has 9 heteroatoms. The van der Waals surface area contributed by atoms with Gasteiger partial charge < -0.3 is 24.4 Å². The maximum atomic E-state index is 12.3. The molecule has 0 fully saturated rings. The molecule has 0 spiro atoms. The van der Waals surface area contributed by atoms with Crippen LogP contribution in [0.4, 0.5) is 11.4 Å². The van der Waals surface area contributed by atoms with Crippen LogP contribution in [-0.2, 0) is 18.3 Å². The van der Waals surface area contributed by atoms with Crippen molar-refractivity contribution in [3.8, 4) is 23.1 Å². The molecule has 2 aromatic heterocycles. The maximum absolute atomic E-state index is 12.3. The third kappa shape index (κ3) is 5.98. The van der Waals surface area contributed by atoms with Gasteiger partial charge in [0.15, 0.2) is 0 Å². The van der Waals surface area contributed by atoms with Crippen LogP contribution in [-0.4, -0.2) is 66.6 Å². The number of benzene rings is 2. The molecule has 4 rings (SSSR count). The van der Waals surface area contributed by atoms with Crippen molar-refractivity contribution < 1.29 is 13.6 Å². The molecule has 0 aliphatic rings. The van der Waals surface area contributed by atoms with Gasteiger partial charge in [-0.2, -0.15) is 5.26 Å². The molecule has 0 saturated heterocycles. The van der Waals surface area contributed by atoms with Crippen molar-refractivity contribution in [2.24, 2.45) is 7.05 Å². The molecule has 0 bridgehead atoms. The van der Waals surface area contributed by atoms with E-state index in [1.165, 1.54) is 11.0 Å². The van der Waals surface area contributed by atoms with Crippen molar-refractivity contribution in [3.63, 3.8) is 0 Å². The molecular formula is C31H35N7O2. The van der Waals surface area contributed by atoms with E-state index in [0.29, 0.717) is 47.2 Å². The number of amides is 1. The molecule has 40 heavy (non-hydrogen) atoms. The second kappa shape index (κ2) is 12.0. The van der Waals surface area contributed by atoms with Gasteiger partial charge in [0, 0.05) is 72.7 Å². The third-order valence-electron chi connectivity index (χ3n) is 6.77. The van der Waals surface area contributed by atoms with Crippen LogP contribution in [0.2, 0.25) is 0 Å². The van der Waals surface area contributed by atoms with E-state index in [2.05, 4.69) is 22.9 Å². The van der Waals surface area contributed by atoms with Crippen LogP contribution in [0.3, 0.4) is 0 Å². The summed E-state index contributed by atoms with van der Waals surface area (Å²) >= 11 is 0. The highest BCUT2D eigenvalue weighted by Gasteiger charge is 2.18. The smallest absolute Gasteiger partial charge is 0.247 e. The average molecular weight is 541 g/mol. The fourth-order valence-corrected chi connectivity index (χ4v) is 4.75. The lowest BCUT2D eigenvalue weighted by Gasteiger charge is -2.25. The van der Waals surface area contributed by atoms with E-state index in [1.54, 1.807) is 26.4 Å². The van der Waals surface area contributed by atoms with Crippen molar-refractivity contribution in [3.05, 3.63) is 77.9 Å². The molecule has 0 aliphatic carbocycles. The fraction of sp³-hybridized carbons (Fsp3) is 0.290. The van der Waals surface area contributed by atoms with Gasteiger partial charge in [-0.25, -0.2) is 9.97 Å². The second-order valence-corrected chi connectivity index (χ2v) is 9.71. The number of rotatable bonds is 10. The summed E-state index contributed by atoms with van der Waals surface area (Å²) in [6.07, 6.45) is 5.17. The highest BCUT2D eigenvalue weighted by atomic mass is 16.5. The molecule has 0 atom stereocenters. The van der Waals surface area contributed by atoms with Gasteiger partial charge >= 0.3 is 0 Å². The number of fused-ring (bicyclic) bond motifs is 1. The van der Waals surface area contributed by atoms with Crippen LogP contribution in [0.25, 0.3) is 22.2 Å². The highest BCUT2D eigenvalue weighted by Crippen LogP contribution is 2.35. The zero-order valence-electron chi connectivity index (χ0n) is 26.4. The lowest BCUT2D eigenvalue weighted by molar-refractivity contribution is -0.111. The summed E-state index contributed by atoms with van der Waals surface area (Å²) in [5, 5.41) is 13.7. The number of nitrogens with one attached hydrogen (secondary N) is 1. The molecule has 0 radical (unpaired) electrons. The van der Waals surface area contributed by atoms with E-state index in [-0.39, 0.29) is 12.5 Å². The molecule has 206 valence electrons. The van der Waals surface area contributed by atoms with Crippen LogP contribution >= 0.6 is 0 Å². The Morgan fingerprint density at radius 2 is 2.10 bits per heavy atom. The van der Waals surface area contributed by atoms with Crippen LogP contribution in [0.15, 0.2) is 55.4 Å². The second-order valence-electron chi connectivity index (χ2n) is 9.71. The van der Waals surface area contributed by atoms with Gasteiger partial charge in [0.2, 0.25) is 5.91 Å². The van der Waals surface area contributed by atoms with E-state index < -0.39 is 6.98 Å². The topological polar surface area (TPSA) is 99.3 Å². The number of ether oxygens (including phenoxy) is 1. The molecule has 9 nitrogen and oxygen atoms in total. The largest absolute Gasteiger partial charge is 0.496 e. The van der Waals surface area contributed by atoms with Gasteiger partial charge in [0.1, 0.15) is 17.6 Å². The first kappa shape index (κ1) is 24.4. The zero-order valence-corrected chi connectivity index (χ0v) is 23.4. The van der Waals surface area contributed by atoms with Gasteiger partial charge in [-0.15, -0.1) is 0 Å². The first-order chi connectivity index (χ1) is 20.4. The minimum atomic E-state index is -2.21. The van der Waals surface area contributed by atoms with E-state index in [0.717, 1.165) is 27.6 Å². The van der Waals surface area contributed by atoms with Crippen molar-refractivity contribution in [1.82, 2.24) is 19.4 Å². The van der Waals surface area contributed by atoms with E-state index in [1.807, 2.05) is 60.9 Å². The number of anilines is 2. The Morgan fingerprint density at radius 3 is 2.80 bits per heavy atom. The van der Waals surface area contributed by atoms with Crippen LogP contribution in [0.5, 0.6) is 5.75 Å². The Labute approximate surface area is 239 Å². The number of nitriles is 1. The van der Waals surface area contributed by atoms with Crippen LogP contribution < -0.4 is 15.0 Å². The number of aryl methyl sites for hydroxylation is 2. The quantitative estimate of drug-likeness (QED) is 0.295. The lowest BCUT2D eigenvalue weighted by atomic mass is 10.0. The summed E-state index contributed by atoms with van der Waals surface area (Å²) in [5.41, 5.74) is 5.91. The lowest BCUT2D eigenvalue weighted by Crippen LogP contribution is -2.29. The summed E-state index contributed by atoms with van der Waals surface area (Å²) in [5.74, 6) is 0.703. The van der Waals surface area contributed by atoms with Gasteiger partial charge in [-0.1, -0.05) is 6.58 Å². The number of hydrogen-bond donors (Lipinski definition) is 1. The number of carbonyl (C=O) groups is 1. The number of hydrogen-bond acceptors (Lipinski definition) is 7. The van der Waals surface area contributed by atoms with E-state index in [4.69, 9.17) is 13.8 Å². The normalized spacial score (nSPS) is 12.4. The Hall–Kier alpha value is -4.68. The minimum Gasteiger partial charge on any atom is -0.496 e. The maximum Gasteiger partial charge on any atom is 0.247 e. The first-order valence-electron chi connectivity index (χ1n) is 14.2. The van der Waals surface area contributed by atoms with Crippen molar-refractivity contribution in [2.75, 3.05) is 51.5 Å². The van der Waals surface area contributed by atoms with E-state index in [9.17, 15) is 10.1 Å². The van der Waals surface area contributed by atoms with Crippen LogP contribution in [0, 0.1) is 18.3 Å². The standard InChI is InChI=1S/C31H35N7O2/c1-8-30(39)35-26-15-22(28(40-7)17-27(26)37(5)12-11-36(3)4)16-29-33-10-9-25(34-29)21-13-23(18-32)31-24(14-21)20(2)19-38(31)6/h8-10,13-15,17,19H,1,11-12,16H2,2-7H3,(H,35,39)/i3D3. The number of aromatic nitrogens is 3. The van der Waals surface area contributed by atoms with Gasteiger partial charge in [-0.05, 0) is 56.9 Å². The summed E-state index contributed by atoms with van der Waals surface area (Å²) in [4.78, 5) is 24.8. The zero-order chi connectivity index (χ0) is 31.5. The fourth-order valence-electron chi connectivity index (χ4n) is 4.75. The Morgan fingerprint density at radius 1 is 1.30 bits per heavy atom. The monoisotopic (exact) mass is 540 g/mol. The van der Waals surface area contributed by atoms with Gasteiger partial charge in [0.25, 0.3) is 0 Å². The average Bonchev–Trinajstić information content (AvgIpc) is 3.27. The molecule has 1 N–H and O–H groups in total.